The first-order valence-corrected chi connectivity index (χ1v) is 6.82. The van der Waals surface area contributed by atoms with Crippen LogP contribution in [-0.4, -0.2) is 12.6 Å². The van der Waals surface area contributed by atoms with Crippen LogP contribution in [0, 0.1) is 0 Å². The molecule has 1 aromatic rings. The molecule has 0 aliphatic carbocycles. The van der Waals surface area contributed by atoms with Crippen LogP contribution in [0.25, 0.3) is 0 Å². The minimum absolute atomic E-state index is 0.214. The number of carbonyl (C=O) groups is 1. The molecule has 0 unspecified atom stereocenters. The fraction of sp³-hybridized carbons (Fsp3) is 0.545. The van der Waals surface area contributed by atoms with Gasteiger partial charge in [-0.2, -0.15) is 0 Å². The SMILES string of the molecule is CCCCCCOC(=O)c1csc(Br)c1. The van der Waals surface area contributed by atoms with Gasteiger partial charge in [0.25, 0.3) is 0 Å². The molecule has 84 valence electrons. The van der Waals surface area contributed by atoms with Crippen LogP contribution in [-0.2, 0) is 4.74 Å². The second-order valence-corrected chi connectivity index (χ2v) is 5.63. The van der Waals surface area contributed by atoms with E-state index in [-0.39, 0.29) is 5.97 Å². The van der Waals surface area contributed by atoms with Crippen molar-refractivity contribution in [3.63, 3.8) is 0 Å². The van der Waals surface area contributed by atoms with E-state index in [2.05, 4.69) is 22.9 Å². The fourth-order valence-electron chi connectivity index (χ4n) is 1.19. The maximum absolute atomic E-state index is 11.5. The smallest absolute Gasteiger partial charge is 0.339 e. The monoisotopic (exact) mass is 290 g/mol. The van der Waals surface area contributed by atoms with Gasteiger partial charge < -0.3 is 4.74 Å². The summed E-state index contributed by atoms with van der Waals surface area (Å²) in [5, 5.41) is 1.80. The van der Waals surface area contributed by atoms with E-state index in [1.54, 1.807) is 11.4 Å². The van der Waals surface area contributed by atoms with Gasteiger partial charge in [-0.3, -0.25) is 0 Å². The summed E-state index contributed by atoms with van der Waals surface area (Å²) < 4.78 is 6.09. The second-order valence-electron chi connectivity index (χ2n) is 3.34. The minimum atomic E-state index is -0.214. The van der Waals surface area contributed by atoms with Gasteiger partial charge >= 0.3 is 5.97 Å². The Morgan fingerprint density at radius 1 is 1.47 bits per heavy atom. The zero-order valence-corrected chi connectivity index (χ0v) is 11.2. The van der Waals surface area contributed by atoms with E-state index < -0.39 is 0 Å². The lowest BCUT2D eigenvalue weighted by atomic mass is 10.2. The van der Waals surface area contributed by atoms with Crippen LogP contribution in [0.2, 0.25) is 0 Å². The molecule has 1 heterocycles. The molecule has 0 saturated carbocycles. The Hall–Kier alpha value is -0.350. The third-order valence-electron chi connectivity index (χ3n) is 2.03. The van der Waals surface area contributed by atoms with Crippen molar-refractivity contribution in [2.24, 2.45) is 0 Å². The second kappa shape index (κ2) is 7.01. The van der Waals surface area contributed by atoms with Crippen LogP contribution < -0.4 is 0 Å². The summed E-state index contributed by atoms with van der Waals surface area (Å²) in [5.74, 6) is -0.214. The van der Waals surface area contributed by atoms with E-state index in [4.69, 9.17) is 4.74 Å². The molecule has 0 atom stereocenters. The summed E-state index contributed by atoms with van der Waals surface area (Å²) in [7, 11) is 0. The number of ether oxygens (including phenoxy) is 1. The Bertz CT molecular complexity index is 309. The molecular formula is C11H15BrO2S. The largest absolute Gasteiger partial charge is 0.462 e. The maximum atomic E-state index is 11.5. The number of carbonyl (C=O) groups excluding carboxylic acids is 1. The molecule has 4 heteroatoms. The highest BCUT2D eigenvalue weighted by Gasteiger charge is 2.08. The lowest BCUT2D eigenvalue weighted by Gasteiger charge is -2.02. The van der Waals surface area contributed by atoms with Gasteiger partial charge in [0.15, 0.2) is 0 Å². The fourth-order valence-corrected chi connectivity index (χ4v) is 2.32. The molecule has 1 aromatic heterocycles. The highest BCUT2D eigenvalue weighted by Crippen LogP contribution is 2.21. The normalized spacial score (nSPS) is 10.3. The Morgan fingerprint density at radius 3 is 2.87 bits per heavy atom. The maximum Gasteiger partial charge on any atom is 0.339 e. The van der Waals surface area contributed by atoms with Crippen LogP contribution in [0.1, 0.15) is 43.0 Å². The van der Waals surface area contributed by atoms with Crippen molar-refractivity contribution >= 4 is 33.2 Å². The van der Waals surface area contributed by atoms with E-state index in [1.165, 1.54) is 24.2 Å². The van der Waals surface area contributed by atoms with Crippen molar-refractivity contribution in [2.75, 3.05) is 6.61 Å². The molecule has 2 nitrogen and oxygen atoms in total. The molecule has 0 radical (unpaired) electrons. The van der Waals surface area contributed by atoms with Crippen LogP contribution in [0.4, 0.5) is 0 Å². The van der Waals surface area contributed by atoms with Crippen molar-refractivity contribution < 1.29 is 9.53 Å². The summed E-state index contributed by atoms with van der Waals surface area (Å²) in [6, 6.07) is 1.79. The molecule has 0 aliphatic heterocycles. The highest BCUT2D eigenvalue weighted by molar-refractivity contribution is 9.11. The number of rotatable bonds is 6. The highest BCUT2D eigenvalue weighted by atomic mass is 79.9. The average molecular weight is 291 g/mol. The van der Waals surface area contributed by atoms with Crippen LogP contribution in [0.5, 0.6) is 0 Å². The predicted octanol–water partition coefficient (Wildman–Crippen LogP) is 4.25. The van der Waals surface area contributed by atoms with E-state index in [0.717, 1.165) is 16.6 Å². The molecule has 0 bridgehead atoms. The molecular weight excluding hydrogens is 276 g/mol. The van der Waals surface area contributed by atoms with Crippen molar-refractivity contribution in [1.82, 2.24) is 0 Å². The van der Waals surface area contributed by atoms with Gasteiger partial charge in [0.2, 0.25) is 0 Å². The Kier molecular flexibility index (Phi) is 5.95. The zero-order chi connectivity index (χ0) is 11.1. The number of unbranched alkanes of at least 4 members (excludes halogenated alkanes) is 3. The minimum Gasteiger partial charge on any atom is -0.462 e. The molecule has 0 fully saturated rings. The first-order valence-electron chi connectivity index (χ1n) is 5.15. The van der Waals surface area contributed by atoms with Gasteiger partial charge in [-0.25, -0.2) is 4.79 Å². The number of hydrogen-bond donors (Lipinski definition) is 0. The Labute approximate surface area is 103 Å². The average Bonchev–Trinajstić information content (AvgIpc) is 2.64. The van der Waals surface area contributed by atoms with Crippen LogP contribution >= 0.6 is 27.3 Å². The van der Waals surface area contributed by atoms with Crippen molar-refractivity contribution in [2.45, 2.75) is 32.6 Å². The van der Waals surface area contributed by atoms with Crippen LogP contribution in [0.15, 0.2) is 15.2 Å². The first kappa shape index (κ1) is 12.7. The van der Waals surface area contributed by atoms with Gasteiger partial charge in [0.1, 0.15) is 0 Å². The predicted molar refractivity (Wildman–Crippen MR) is 66.4 cm³/mol. The molecule has 0 saturated heterocycles. The number of hydrogen-bond acceptors (Lipinski definition) is 3. The number of esters is 1. The van der Waals surface area contributed by atoms with Gasteiger partial charge in [-0.15, -0.1) is 11.3 Å². The summed E-state index contributed by atoms with van der Waals surface area (Å²) in [4.78, 5) is 11.5. The molecule has 0 spiro atoms. The molecule has 15 heavy (non-hydrogen) atoms. The summed E-state index contributed by atoms with van der Waals surface area (Å²) in [5.41, 5.74) is 0.641. The molecule has 0 aliphatic rings. The summed E-state index contributed by atoms with van der Waals surface area (Å²) in [6.07, 6.45) is 4.51. The zero-order valence-electron chi connectivity index (χ0n) is 8.79. The lowest BCUT2D eigenvalue weighted by molar-refractivity contribution is 0.0498. The topological polar surface area (TPSA) is 26.3 Å². The molecule has 0 N–H and O–H groups in total. The molecule has 1 rings (SSSR count). The van der Waals surface area contributed by atoms with E-state index in [0.29, 0.717) is 12.2 Å². The van der Waals surface area contributed by atoms with Gasteiger partial charge in [0.05, 0.1) is 16.0 Å². The first-order chi connectivity index (χ1) is 7.24. The molecule has 0 aromatic carbocycles. The number of halogens is 1. The van der Waals surface area contributed by atoms with Gasteiger partial charge in [-0.1, -0.05) is 26.2 Å². The third kappa shape index (κ3) is 4.80. The van der Waals surface area contributed by atoms with Crippen LogP contribution in [0.3, 0.4) is 0 Å². The number of thiophene rings is 1. The van der Waals surface area contributed by atoms with Gasteiger partial charge in [-0.05, 0) is 28.4 Å². The molecule has 0 amide bonds. The van der Waals surface area contributed by atoms with Crippen molar-refractivity contribution in [3.8, 4) is 0 Å². The van der Waals surface area contributed by atoms with E-state index >= 15 is 0 Å². The lowest BCUT2D eigenvalue weighted by Crippen LogP contribution is -2.05. The van der Waals surface area contributed by atoms with E-state index in [1.807, 2.05) is 0 Å². The standard InChI is InChI=1S/C11H15BrO2S/c1-2-3-4-5-6-14-11(13)9-7-10(12)15-8-9/h7-8H,2-6H2,1H3. The van der Waals surface area contributed by atoms with E-state index in [9.17, 15) is 4.79 Å². The Balaban J connectivity index is 2.19. The summed E-state index contributed by atoms with van der Waals surface area (Å²) >= 11 is 4.81. The van der Waals surface area contributed by atoms with Crippen molar-refractivity contribution in [1.29, 1.82) is 0 Å². The Morgan fingerprint density at radius 2 is 2.27 bits per heavy atom. The summed E-state index contributed by atoms with van der Waals surface area (Å²) in [6.45, 7) is 2.70. The van der Waals surface area contributed by atoms with Gasteiger partial charge in [0, 0.05) is 5.38 Å². The van der Waals surface area contributed by atoms with Crippen molar-refractivity contribution in [3.05, 3.63) is 20.8 Å². The third-order valence-corrected chi connectivity index (χ3v) is 3.54. The quantitative estimate of drug-likeness (QED) is 0.578.